The number of hydrogen-bond donors (Lipinski definition) is 1. The zero-order chi connectivity index (χ0) is 11.7. The lowest BCUT2D eigenvalue weighted by Crippen LogP contribution is -2.21. The monoisotopic (exact) mass is 211 g/mol. The number of nitrogen functional groups attached to an aromatic ring is 1. The van der Waals surface area contributed by atoms with Crippen molar-refractivity contribution < 1.29 is 14.0 Å². The quantitative estimate of drug-likeness (QED) is 0.607. The molecule has 5 heteroatoms. The fraction of sp³-hybridized carbons (Fsp3) is 0.400. The van der Waals surface area contributed by atoms with Crippen molar-refractivity contribution in [1.29, 1.82) is 0 Å². The summed E-state index contributed by atoms with van der Waals surface area (Å²) in [7, 11) is 4.02. The minimum atomic E-state index is -0.514. The molecule has 2 N–H and O–H groups in total. The summed E-state index contributed by atoms with van der Waals surface area (Å²) in [6, 6.07) is 7.79. The van der Waals surface area contributed by atoms with Crippen molar-refractivity contribution in [3.05, 3.63) is 29.8 Å². The van der Waals surface area contributed by atoms with Gasteiger partial charge in [0.15, 0.2) is 0 Å². The minimum absolute atomic E-state index is 0.514. The Bertz CT molecular complexity index is 223. The topological polar surface area (TPSA) is 53.7 Å². The van der Waals surface area contributed by atoms with Crippen LogP contribution in [0.3, 0.4) is 0 Å². The molecule has 0 heterocycles. The Hall–Kier alpha value is -1.04. The molecule has 0 saturated heterocycles. The van der Waals surface area contributed by atoms with Gasteiger partial charge in [0.05, 0.1) is 0 Å². The van der Waals surface area contributed by atoms with Gasteiger partial charge in [-0.3, -0.25) is 0 Å². The van der Waals surface area contributed by atoms with E-state index in [0.717, 1.165) is 5.69 Å². The lowest BCUT2D eigenvalue weighted by atomic mass is 10.2. The summed E-state index contributed by atoms with van der Waals surface area (Å²) >= 11 is 0. The van der Waals surface area contributed by atoms with Crippen LogP contribution < -0.4 is 5.73 Å². The number of nitrogens with two attached hydrogens (primary N) is 1. The Morgan fingerprint density at radius 3 is 1.53 bits per heavy atom. The third-order valence-electron chi connectivity index (χ3n) is 1.65. The first-order chi connectivity index (χ1) is 7.13. The van der Waals surface area contributed by atoms with Gasteiger partial charge in [0.2, 0.25) is 0 Å². The van der Waals surface area contributed by atoms with E-state index in [1.54, 1.807) is 0 Å². The molecule has 0 saturated carbocycles. The number of benzene rings is 1. The summed E-state index contributed by atoms with van der Waals surface area (Å²) in [5.41, 5.74) is 7.51. The van der Waals surface area contributed by atoms with Crippen LogP contribution >= 0.6 is 0 Å². The molecule has 0 spiro atoms. The smallest absolute Gasteiger partial charge is 0.399 e. The molecule has 0 aliphatic rings. The SMILES string of the molecule is COB(OC)OC.Cc1ccc(N)cc1. The van der Waals surface area contributed by atoms with Gasteiger partial charge in [-0.25, -0.2) is 0 Å². The summed E-state index contributed by atoms with van der Waals surface area (Å²) in [5.74, 6) is 0. The van der Waals surface area contributed by atoms with E-state index < -0.39 is 7.32 Å². The molecule has 1 aromatic carbocycles. The van der Waals surface area contributed by atoms with Crippen molar-refractivity contribution in [3.8, 4) is 0 Å². The van der Waals surface area contributed by atoms with Crippen LogP contribution in [0.5, 0.6) is 0 Å². The Labute approximate surface area is 91.5 Å². The molecule has 15 heavy (non-hydrogen) atoms. The van der Waals surface area contributed by atoms with Crippen molar-refractivity contribution in [2.24, 2.45) is 0 Å². The van der Waals surface area contributed by atoms with Crippen LogP contribution in [0.25, 0.3) is 0 Å². The summed E-state index contributed by atoms with van der Waals surface area (Å²) < 4.78 is 13.8. The summed E-state index contributed by atoms with van der Waals surface area (Å²) in [4.78, 5) is 0. The Morgan fingerprint density at radius 1 is 0.933 bits per heavy atom. The van der Waals surface area contributed by atoms with E-state index in [2.05, 4.69) is 14.0 Å². The number of hydrogen-bond acceptors (Lipinski definition) is 4. The highest BCUT2D eigenvalue weighted by Crippen LogP contribution is 2.02. The van der Waals surface area contributed by atoms with E-state index in [1.165, 1.54) is 26.9 Å². The maximum absolute atomic E-state index is 5.43. The van der Waals surface area contributed by atoms with Crippen molar-refractivity contribution >= 4 is 13.0 Å². The van der Waals surface area contributed by atoms with Gasteiger partial charge >= 0.3 is 7.32 Å². The standard InChI is InChI=1S/C7H9N.C3H9BO3/c1-6-2-4-7(8)5-3-6;1-5-4(6-2)7-3/h2-5H,8H2,1H3;1-3H3. The molecular weight excluding hydrogens is 193 g/mol. The molecule has 0 amide bonds. The fourth-order valence-electron chi connectivity index (χ4n) is 0.855. The first kappa shape index (κ1) is 14.0. The molecule has 1 rings (SSSR count). The molecule has 0 bridgehead atoms. The first-order valence-electron chi connectivity index (χ1n) is 4.54. The van der Waals surface area contributed by atoms with Crippen LogP contribution in [0, 0.1) is 6.92 Å². The van der Waals surface area contributed by atoms with E-state index in [9.17, 15) is 0 Å². The molecule has 0 fully saturated rings. The van der Waals surface area contributed by atoms with Gasteiger partial charge in [-0.1, -0.05) is 17.7 Å². The molecule has 0 atom stereocenters. The first-order valence-corrected chi connectivity index (χ1v) is 4.54. The van der Waals surface area contributed by atoms with E-state index in [-0.39, 0.29) is 0 Å². The highest BCUT2D eigenvalue weighted by atomic mass is 16.7. The molecule has 0 unspecified atom stereocenters. The fourth-order valence-corrected chi connectivity index (χ4v) is 0.855. The van der Waals surface area contributed by atoms with Gasteiger partial charge in [-0.15, -0.1) is 0 Å². The number of anilines is 1. The molecule has 0 aliphatic heterocycles. The van der Waals surface area contributed by atoms with Gasteiger partial charge in [0, 0.05) is 27.0 Å². The molecule has 0 aliphatic carbocycles. The van der Waals surface area contributed by atoms with Crippen molar-refractivity contribution in [2.75, 3.05) is 27.1 Å². The zero-order valence-electron chi connectivity index (χ0n) is 9.69. The van der Waals surface area contributed by atoms with Crippen molar-refractivity contribution in [2.45, 2.75) is 6.92 Å². The van der Waals surface area contributed by atoms with E-state index in [4.69, 9.17) is 5.73 Å². The van der Waals surface area contributed by atoms with E-state index >= 15 is 0 Å². The average Bonchev–Trinajstić information content (AvgIpc) is 2.26. The third-order valence-corrected chi connectivity index (χ3v) is 1.65. The predicted molar refractivity (Wildman–Crippen MR) is 62.4 cm³/mol. The summed E-state index contributed by atoms with van der Waals surface area (Å²) in [5, 5.41) is 0. The maximum atomic E-state index is 5.43. The second kappa shape index (κ2) is 8.29. The van der Waals surface area contributed by atoms with Crippen molar-refractivity contribution in [1.82, 2.24) is 0 Å². The largest absolute Gasteiger partial charge is 0.638 e. The van der Waals surface area contributed by atoms with Crippen LogP contribution in [0.2, 0.25) is 0 Å². The normalized spacial score (nSPS) is 9.07. The highest BCUT2D eigenvalue weighted by molar-refractivity contribution is 6.36. The molecule has 4 nitrogen and oxygen atoms in total. The van der Waals surface area contributed by atoms with Crippen LogP contribution in [0.4, 0.5) is 5.69 Å². The highest BCUT2D eigenvalue weighted by Gasteiger charge is 2.12. The third kappa shape index (κ3) is 6.96. The second-order valence-electron chi connectivity index (χ2n) is 2.91. The van der Waals surface area contributed by atoms with Gasteiger partial charge in [-0.2, -0.15) is 0 Å². The van der Waals surface area contributed by atoms with Gasteiger partial charge < -0.3 is 19.7 Å². The lowest BCUT2D eigenvalue weighted by Gasteiger charge is -2.01. The van der Waals surface area contributed by atoms with E-state index in [0.29, 0.717) is 0 Å². The molecule has 1 aromatic rings. The summed E-state index contributed by atoms with van der Waals surface area (Å²) in [6.45, 7) is 2.04. The summed E-state index contributed by atoms with van der Waals surface area (Å²) in [6.07, 6.45) is 0. The van der Waals surface area contributed by atoms with Crippen LogP contribution in [0.15, 0.2) is 24.3 Å². The van der Waals surface area contributed by atoms with E-state index in [1.807, 2.05) is 31.2 Å². The van der Waals surface area contributed by atoms with Gasteiger partial charge in [0.1, 0.15) is 0 Å². The maximum Gasteiger partial charge on any atom is 0.638 e. The second-order valence-corrected chi connectivity index (χ2v) is 2.91. The zero-order valence-corrected chi connectivity index (χ0v) is 9.69. The van der Waals surface area contributed by atoms with Crippen LogP contribution in [-0.4, -0.2) is 28.7 Å². The van der Waals surface area contributed by atoms with Crippen molar-refractivity contribution in [3.63, 3.8) is 0 Å². The molecule has 0 radical (unpaired) electrons. The molecule has 84 valence electrons. The van der Waals surface area contributed by atoms with Gasteiger partial charge in [-0.05, 0) is 19.1 Å². The lowest BCUT2D eigenvalue weighted by molar-refractivity contribution is 0.163. The molecule has 0 aromatic heterocycles. The number of rotatable bonds is 3. The Morgan fingerprint density at radius 2 is 1.33 bits per heavy atom. The Balaban J connectivity index is 0.000000265. The van der Waals surface area contributed by atoms with Crippen LogP contribution in [0.1, 0.15) is 5.56 Å². The average molecular weight is 211 g/mol. The Kier molecular flexibility index (Phi) is 7.72. The molecular formula is C10H18BNO3. The predicted octanol–water partition coefficient (Wildman–Crippen LogP) is 1.49. The van der Waals surface area contributed by atoms with Gasteiger partial charge in [0.25, 0.3) is 0 Å². The minimum Gasteiger partial charge on any atom is -0.399 e. The number of aryl methyl sites for hydroxylation is 1. The van der Waals surface area contributed by atoms with Crippen LogP contribution in [-0.2, 0) is 14.0 Å².